The van der Waals surface area contributed by atoms with Crippen molar-refractivity contribution < 1.29 is 9.59 Å². The number of carbonyl (C=O) groups excluding carboxylic acids is 2. The molecule has 0 saturated carbocycles. The molecule has 1 saturated heterocycles. The van der Waals surface area contributed by atoms with Crippen LogP contribution in [0.2, 0.25) is 0 Å². The van der Waals surface area contributed by atoms with Crippen LogP contribution in [0.15, 0.2) is 0 Å². The zero-order valence-corrected chi connectivity index (χ0v) is 9.14. The molecular formula is C9H16N2O2S. The number of nitrogens with one attached hydrogen (secondary N) is 2. The first-order chi connectivity index (χ1) is 6.63. The zero-order valence-electron chi connectivity index (χ0n) is 8.25. The molecular weight excluding hydrogens is 200 g/mol. The fourth-order valence-electron chi connectivity index (χ4n) is 1.54. The molecule has 0 aromatic carbocycles. The van der Waals surface area contributed by atoms with E-state index < -0.39 is 0 Å². The highest BCUT2D eigenvalue weighted by Crippen LogP contribution is 2.09. The van der Waals surface area contributed by atoms with Crippen molar-refractivity contribution in [3.05, 3.63) is 0 Å². The van der Waals surface area contributed by atoms with Gasteiger partial charge in [0.05, 0.1) is 0 Å². The third-order valence-electron chi connectivity index (χ3n) is 2.36. The molecule has 2 unspecified atom stereocenters. The van der Waals surface area contributed by atoms with Gasteiger partial charge in [0.25, 0.3) is 0 Å². The zero-order chi connectivity index (χ0) is 10.6. The molecule has 1 aliphatic rings. The van der Waals surface area contributed by atoms with E-state index in [4.69, 9.17) is 0 Å². The summed E-state index contributed by atoms with van der Waals surface area (Å²) in [6.07, 6.45) is 1.65. The second kappa shape index (κ2) is 5.24. The maximum Gasteiger partial charge on any atom is 0.221 e. The number of rotatable bonds is 3. The predicted molar refractivity (Wildman–Crippen MR) is 57.2 cm³/mol. The molecule has 0 radical (unpaired) electrons. The Morgan fingerprint density at radius 2 is 2.43 bits per heavy atom. The number of piperidine rings is 1. The number of amides is 2. The molecule has 2 amide bonds. The van der Waals surface area contributed by atoms with Gasteiger partial charge in [0.1, 0.15) is 0 Å². The summed E-state index contributed by atoms with van der Waals surface area (Å²) in [6.45, 7) is 1.91. The molecule has 4 nitrogen and oxygen atoms in total. The summed E-state index contributed by atoms with van der Waals surface area (Å²) in [7, 11) is 0. The van der Waals surface area contributed by atoms with Crippen LogP contribution in [0.5, 0.6) is 0 Å². The van der Waals surface area contributed by atoms with E-state index in [0.29, 0.717) is 18.6 Å². The first-order valence-corrected chi connectivity index (χ1v) is 5.46. The lowest BCUT2D eigenvalue weighted by Crippen LogP contribution is -2.53. The lowest BCUT2D eigenvalue weighted by atomic mass is 9.99. The van der Waals surface area contributed by atoms with Gasteiger partial charge in [-0.15, -0.1) is 0 Å². The van der Waals surface area contributed by atoms with Gasteiger partial charge < -0.3 is 10.6 Å². The molecule has 0 spiro atoms. The summed E-state index contributed by atoms with van der Waals surface area (Å²) in [5.74, 6) is 0.629. The molecule has 0 aromatic rings. The Bertz CT molecular complexity index is 233. The number of hydrogen-bond donors (Lipinski definition) is 3. The van der Waals surface area contributed by atoms with Crippen molar-refractivity contribution in [3.8, 4) is 0 Å². The van der Waals surface area contributed by atoms with Gasteiger partial charge in [0.15, 0.2) is 0 Å². The van der Waals surface area contributed by atoms with Crippen molar-refractivity contribution in [1.29, 1.82) is 0 Å². The van der Waals surface area contributed by atoms with Crippen LogP contribution in [0.25, 0.3) is 0 Å². The second-order valence-electron chi connectivity index (χ2n) is 3.54. The van der Waals surface area contributed by atoms with Crippen LogP contribution >= 0.6 is 12.6 Å². The largest absolute Gasteiger partial charge is 0.352 e. The Morgan fingerprint density at radius 3 is 3.00 bits per heavy atom. The number of hydrogen-bond acceptors (Lipinski definition) is 3. The van der Waals surface area contributed by atoms with Crippen LogP contribution < -0.4 is 10.6 Å². The van der Waals surface area contributed by atoms with Crippen molar-refractivity contribution >= 4 is 24.4 Å². The van der Waals surface area contributed by atoms with Gasteiger partial charge in [-0.3, -0.25) is 9.59 Å². The van der Waals surface area contributed by atoms with Gasteiger partial charge in [-0.05, 0) is 19.1 Å². The van der Waals surface area contributed by atoms with Crippen LogP contribution in [0.4, 0.5) is 0 Å². The third kappa shape index (κ3) is 3.21. The van der Waals surface area contributed by atoms with E-state index in [1.54, 1.807) is 0 Å². The first kappa shape index (κ1) is 11.4. The first-order valence-electron chi connectivity index (χ1n) is 4.83. The predicted octanol–water partition coefficient (Wildman–Crippen LogP) is 0.0896. The Balaban J connectivity index is 2.37. The Morgan fingerprint density at radius 1 is 1.71 bits per heavy atom. The highest BCUT2D eigenvalue weighted by Gasteiger charge is 2.25. The quantitative estimate of drug-likeness (QED) is 0.586. The van der Waals surface area contributed by atoms with Gasteiger partial charge in [0, 0.05) is 24.9 Å². The van der Waals surface area contributed by atoms with E-state index in [2.05, 4.69) is 23.3 Å². The van der Waals surface area contributed by atoms with Crippen molar-refractivity contribution in [2.45, 2.75) is 38.3 Å². The van der Waals surface area contributed by atoms with E-state index in [1.165, 1.54) is 0 Å². The van der Waals surface area contributed by atoms with Crippen LogP contribution in [-0.4, -0.2) is 29.7 Å². The van der Waals surface area contributed by atoms with E-state index in [1.807, 2.05) is 6.92 Å². The maximum absolute atomic E-state index is 11.3. The molecule has 2 N–H and O–H groups in total. The highest BCUT2D eigenvalue weighted by molar-refractivity contribution is 7.80. The van der Waals surface area contributed by atoms with Crippen molar-refractivity contribution in [2.24, 2.45) is 0 Å². The Hall–Kier alpha value is -0.710. The topological polar surface area (TPSA) is 58.2 Å². The highest BCUT2D eigenvalue weighted by atomic mass is 32.1. The van der Waals surface area contributed by atoms with Crippen LogP contribution in [0.3, 0.4) is 0 Å². The van der Waals surface area contributed by atoms with Crippen LogP contribution in [0.1, 0.15) is 26.2 Å². The molecule has 1 fully saturated rings. The SMILES string of the molecule is CC1NC(=O)CCC1NC(=O)CCS. The van der Waals surface area contributed by atoms with Gasteiger partial charge in [-0.2, -0.15) is 12.6 Å². The van der Waals surface area contributed by atoms with Gasteiger partial charge >= 0.3 is 0 Å². The minimum atomic E-state index is 0.00741. The number of thiol groups is 1. The molecule has 0 bridgehead atoms. The normalized spacial score (nSPS) is 26.9. The minimum Gasteiger partial charge on any atom is -0.352 e. The summed E-state index contributed by atoms with van der Waals surface area (Å²) in [6, 6.07) is 0.0974. The maximum atomic E-state index is 11.3. The smallest absolute Gasteiger partial charge is 0.221 e. The molecule has 2 atom stereocenters. The lowest BCUT2D eigenvalue weighted by molar-refractivity contribution is -0.126. The second-order valence-corrected chi connectivity index (χ2v) is 3.99. The van der Waals surface area contributed by atoms with E-state index in [-0.39, 0.29) is 23.9 Å². The summed E-state index contributed by atoms with van der Waals surface area (Å²) in [5.41, 5.74) is 0. The van der Waals surface area contributed by atoms with Crippen LogP contribution in [0, 0.1) is 0 Å². The molecule has 0 aliphatic carbocycles. The van der Waals surface area contributed by atoms with Gasteiger partial charge in [0.2, 0.25) is 11.8 Å². The number of carbonyl (C=O) groups is 2. The fraction of sp³-hybridized carbons (Fsp3) is 0.778. The Labute approximate surface area is 89.2 Å². The summed E-state index contributed by atoms with van der Waals surface area (Å²) in [5, 5.41) is 5.69. The minimum absolute atomic E-state index is 0.00741. The standard InChI is InChI=1S/C9H16N2O2S/c1-6-7(2-3-8(12)10-6)11-9(13)4-5-14/h6-7,14H,2-5H2,1H3,(H,10,12)(H,11,13). The van der Waals surface area contributed by atoms with E-state index in [0.717, 1.165) is 6.42 Å². The fourth-order valence-corrected chi connectivity index (χ4v) is 1.74. The average Bonchev–Trinajstić information content (AvgIpc) is 2.10. The van der Waals surface area contributed by atoms with Gasteiger partial charge in [-0.25, -0.2) is 0 Å². The van der Waals surface area contributed by atoms with Crippen molar-refractivity contribution in [3.63, 3.8) is 0 Å². The van der Waals surface area contributed by atoms with Crippen LogP contribution in [-0.2, 0) is 9.59 Å². The van der Waals surface area contributed by atoms with E-state index in [9.17, 15) is 9.59 Å². The molecule has 1 heterocycles. The summed E-state index contributed by atoms with van der Waals surface area (Å²) in [4.78, 5) is 22.3. The summed E-state index contributed by atoms with van der Waals surface area (Å²) >= 11 is 3.98. The van der Waals surface area contributed by atoms with Gasteiger partial charge in [-0.1, -0.05) is 0 Å². The van der Waals surface area contributed by atoms with E-state index >= 15 is 0 Å². The molecule has 1 aliphatic heterocycles. The monoisotopic (exact) mass is 216 g/mol. The Kier molecular flexibility index (Phi) is 4.25. The average molecular weight is 216 g/mol. The van der Waals surface area contributed by atoms with Crippen molar-refractivity contribution in [1.82, 2.24) is 10.6 Å². The molecule has 14 heavy (non-hydrogen) atoms. The van der Waals surface area contributed by atoms with Crippen molar-refractivity contribution in [2.75, 3.05) is 5.75 Å². The molecule has 0 aromatic heterocycles. The molecule has 1 rings (SSSR count). The lowest BCUT2D eigenvalue weighted by Gasteiger charge is -2.30. The molecule has 5 heteroatoms. The molecule has 80 valence electrons. The third-order valence-corrected chi connectivity index (χ3v) is 2.58. The summed E-state index contributed by atoms with van der Waals surface area (Å²) < 4.78 is 0.